The van der Waals surface area contributed by atoms with Crippen LogP contribution in [0.4, 0.5) is 0 Å². The highest BCUT2D eigenvalue weighted by Gasteiger charge is 2.23. The molecule has 2 nitrogen and oxygen atoms in total. The molecule has 0 heterocycles. The maximum atomic E-state index is 5.18. The molecule has 0 spiro atoms. The van der Waals surface area contributed by atoms with E-state index in [1.165, 1.54) is 30.6 Å². The summed E-state index contributed by atoms with van der Waals surface area (Å²) >= 11 is 1.94. The molecule has 1 aromatic carbocycles. The van der Waals surface area contributed by atoms with Crippen molar-refractivity contribution >= 4 is 11.8 Å². The van der Waals surface area contributed by atoms with E-state index < -0.39 is 0 Å². The lowest BCUT2D eigenvalue weighted by atomic mass is 10.0. The van der Waals surface area contributed by atoms with Crippen LogP contribution < -0.4 is 10.1 Å². The zero-order valence-corrected chi connectivity index (χ0v) is 12.1. The van der Waals surface area contributed by atoms with Crippen LogP contribution >= 0.6 is 11.8 Å². The van der Waals surface area contributed by atoms with E-state index in [4.69, 9.17) is 4.74 Å². The van der Waals surface area contributed by atoms with Gasteiger partial charge in [-0.1, -0.05) is 12.8 Å². The SMILES string of the molecule is CNC(CSc1ccc(OC)cc1)C1CCCC1. The zero-order chi connectivity index (χ0) is 12.8. The van der Waals surface area contributed by atoms with E-state index in [1.54, 1.807) is 7.11 Å². The lowest BCUT2D eigenvalue weighted by molar-refractivity contribution is 0.410. The van der Waals surface area contributed by atoms with Gasteiger partial charge in [0.05, 0.1) is 7.11 Å². The van der Waals surface area contributed by atoms with Gasteiger partial charge in [0.15, 0.2) is 0 Å². The lowest BCUT2D eigenvalue weighted by Crippen LogP contribution is -2.34. The van der Waals surface area contributed by atoms with Crippen molar-refractivity contribution in [3.63, 3.8) is 0 Å². The molecular formula is C15H23NOS. The van der Waals surface area contributed by atoms with Crippen molar-refractivity contribution in [1.82, 2.24) is 5.32 Å². The lowest BCUT2D eigenvalue weighted by Gasteiger charge is -2.22. The molecular weight excluding hydrogens is 242 g/mol. The van der Waals surface area contributed by atoms with Gasteiger partial charge in [-0.2, -0.15) is 0 Å². The minimum Gasteiger partial charge on any atom is -0.497 e. The molecule has 1 N–H and O–H groups in total. The average molecular weight is 265 g/mol. The molecule has 1 fully saturated rings. The van der Waals surface area contributed by atoms with Crippen LogP contribution in [-0.4, -0.2) is 26.0 Å². The molecule has 0 radical (unpaired) electrons. The molecule has 1 aliphatic rings. The third-order valence-corrected chi connectivity index (χ3v) is 4.96. The Balaban J connectivity index is 1.84. The third-order valence-electron chi connectivity index (χ3n) is 3.83. The van der Waals surface area contributed by atoms with Crippen molar-refractivity contribution in [3.05, 3.63) is 24.3 Å². The fourth-order valence-electron chi connectivity index (χ4n) is 2.67. The molecule has 0 aliphatic heterocycles. The Kier molecular flexibility index (Phi) is 5.39. The molecule has 0 amide bonds. The summed E-state index contributed by atoms with van der Waals surface area (Å²) in [6.07, 6.45) is 5.62. The molecule has 2 rings (SSSR count). The van der Waals surface area contributed by atoms with Crippen molar-refractivity contribution in [2.45, 2.75) is 36.6 Å². The molecule has 1 aliphatic carbocycles. The summed E-state index contributed by atoms with van der Waals surface area (Å²) in [6.45, 7) is 0. The minimum atomic E-state index is 0.652. The largest absolute Gasteiger partial charge is 0.497 e. The number of nitrogens with one attached hydrogen (secondary N) is 1. The normalized spacial score (nSPS) is 17.9. The number of rotatable bonds is 6. The molecule has 18 heavy (non-hydrogen) atoms. The van der Waals surface area contributed by atoms with Crippen LogP contribution in [0.5, 0.6) is 5.75 Å². The van der Waals surface area contributed by atoms with Crippen LogP contribution in [-0.2, 0) is 0 Å². The van der Waals surface area contributed by atoms with Crippen molar-refractivity contribution < 1.29 is 4.74 Å². The summed E-state index contributed by atoms with van der Waals surface area (Å²) < 4.78 is 5.18. The third kappa shape index (κ3) is 3.66. The fourth-order valence-corrected chi connectivity index (χ4v) is 3.81. The molecule has 1 aromatic rings. The van der Waals surface area contributed by atoms with Gasteiger partial charge in [-0.25, -0.2) is 0 Å². The first kappa shape index (κ1) is 13.8. The van der Waals surface area contributed by atoms with Gasteiger partial charge >= 0.3 is 0 Å². The van der Waals surface area contributed by atoms with E-state index in [0.717, 1.165) is 17.4 Å². The Morgan fingerprint density at radius 1 is 1.28 bits per heavy atom. The summed E-state index contributed by atoms with van der Waals surface area (Å²) in [4.78, 5) is 1.33. The number of thioether (sulfide) groups is 1. The molecule has 100 valence electrons. The number of benzene rings is 1. The summed E-state index contributed by atoms with van der Waals surface area (Å²) in [6, 6.07) is 9.01. The number of hydrogen-bond acceptors (Lipinski definition) is 3. The monoisotopic (exact) mass is 265 g/mol. The smallest absolute Gasteiger partial charge is 0.118 e. The molecule has 0 bridgehead atoms. The van der Waals surface area contributed by atoms with Gasteiger partial charge in [-0.3, -0.25) is 0 Å². The second-order valence-electron chi connectivity index (χ2n) is 4.93. The first-order chi connectivity index (χ1) is 8.83. The Bertz CT molecular complexity index is 346. The fraction of sp³-hybridized carbons (Fsp3) is 0.600. The summed E-state index contributed by atoms with van der Waals surface area (Å²) in [7, 11) is 3.80. The number of hydrogen-bond donors (Lipinski definition) is 1. The highest BCUT2D eigenvalue weighted by atomic mass is 32.2. The second-order valence-corrected chi connectivity index (χ2v) is 6.02. The summed E-state index contributed by atoms with van der Waals surface area (Å²) in [5.41, 5.74) is 0. The number of methoxy groups -OCH3 is 1. The molecule has 1 atom stereocenters. The van der Waals surface area contributed by atoms with Gasteiger partial charge in [0.1, 0.15) is 5.75 Å². The van der Waals surface area contributed by atoms with Crippen molar-refractivity contribution in [3.8, 4) is 5.75 Å². The summed E-state index contributed by atoms with van der Waals surface area (Å²) in [5.74, 6) is 2.97. The molecule has 0 saturated heterocycles. The standard InChI is InChI=1S/C15H23NOS/c1-16-15(12-5-3-4-6-12)11-18-14-9-7-13(17-2)8-10-14/h7-10,12,15-16H,3-6,11H2,1-2H3. The molecule has 1 saturated carbocycles. The van der Waals surface area contributed by atoms with Gasteiger partial charge in [0, 0.05) is 16.7 Å². The van der Waals surface area contributed by atoms with E-state index >= 15 is 0 Å². The van der Waals surface area contributed by atoms with E-state index in [-0.39, 0.29) is 0 Å². The van der Waals surface area contributed by atoms with E-state index in [2.05, 4.69) is 24.5 Å². The van der Waals surface area contributed by atoms with Crippen LogP contribution in [0.15, 0.2) is 29.2 Å². The van der Waals surface area contributed by atoms with E-state index in [1.807, 2.05) is 23.9 Å². The quantitative estimate of drug-likeness (QED) is 0.795. The zero-order valence-electron chi connectivity index (χ0n) is 11.3. The van der Waals surface area contributed by atoms with Crippen molar-refractivity contribution in [2.75, 3.05) is 19.9 Å². The van der Waals surface area contributed by atoms with Gasteiger partial charge in [-0.05, 0) is 50.1 Å². The highest BCUT2D eigenvalue weighted by Crippen LogP contribution is 2.31. The number of ether oxygens (including phenoxy) is 1. The molecule has 0 aromatic heterocycles. The van der Waals surface area contributed by atoms with Crippen LogP contribution in [0, 0.1) is 5.92 Å². The van der Waals surface area contributed by atoms with Crippen LogP contribution in [0.25, 0.3) is 0 Å². The molecule has 1 unspecified atom stereocenters. The average Bonchev–Trinajstić information content (AvgIpc) is 2.94. The minimum absolute atomic E-state index is 0.652. The first-order valence-electron chi connectivity index (χ1n) is 6.77. The Hall–Kier alpha value is -0.670. The van der Waals surface area contributed by atoms with E-state index in [0.29, 0.717) is 6.04 Å². The summed E-state index contributed by atoms with van der Waals surface area (Å²) in [5, 5.41) is 3.49. The van der Waals surface area contributed by atoms with Crippen LogP contribution in [0.1, 0.15) is 25.7 Å². The Morgan fingerprint density at radius 2 is 1.94 bits per heavy atom. The maximum Gasteiger partial charge on any atom is 0.118 e. The molecule has 3 heteroatoms. The second kappa shape index (κ2) is 7.05. The van der Waals surface area contributed by atoms with Crippen molar-refractivity contribution in [1.29, 1.82) is 0 Å². The van der Waals surface area contributed by atoms with Gasteiger partial charge in [-0.15, -0.1) is 11.8 Å². The predicted molar refractivity (Wildman–Crippen MR) is 78.5 cm³/mol. The Morgan fingerprint density at radius 3 is 2.50 bits per heavy atom. The van der Waals surface area contributed by atoms with E-state index in [9.17, 15) is 0 Å². The topological polar surface area (TPSA) is 21.3 Å². The van der Waals surface area contributed by atoms with Crippen molar-refractivity contribution in [2.24, 2.45) is 5.92 Å². The first-order valence-corrected chi connectivity index (χ1v) is 7.76. The predicted octanol–water partition coefficient (Wildman–Crippen LogP) is 3.57. The van der Waals surface area contributed by atoms with Gasteiger partial charge in [0.2, 0.25) is 0 Å². The van der Waals surface area contributed by atoms with Gasteiger partial charge in [0.25, 0.3) is 0 Å². The Labute approximate surface area is 114 Å². The van der Waals surface area contributed by atoms with Gasteiger partial charge < -0.3 is 10.1 Å². The van der Waals surface area contributed by atoms with Crippen LogP contribution in [0.3, 0.4) is 0 Å². The van der Waals surface area contributed by atoms with Crippen LogP contribution in [0.2, 0.25) is 0 Å². The maximum absolute atomic E-state index is 5.18. The highest BCUT2D eigenvalue weighted by molar-refractivity contribution is 7.99.